The van der Waals surface area contributed by atoms with E-state index in [2.05, 4.69) is 39.3 Å². The van der Waals surface area contributed by atoms with Gasteiger partial charge in [0, 0.05) is 37.9 Å². The molecule has 0 radical (unpaired) electrons. The van der Waals surface area contributed by atoms with Crippen molar-refractivity contribution < 1.29 is 5.11 Å². The average Bonchev–Trinajstić information content (AvgIpc) is 3.20. The molecule has 1 saturated heterocycles. The molecule has 7 nitrogen and oxygen atoms in total. The highest BCUT2D eigenvalue weighted by Gasteiger charge is 2.40. The van der Waals surface area contributed by atoms with E-state index in [9.17, 15) is 5.11 Å². The zero-order chi connectivity index (χ0) is 15.7. The SMILES string of the molecule is CCc1nn(C)c(CC)c1CN1CCC(O)(c2cn[nH]n2)C1. The van der Waals surface area contributed by atoms with Crippen LogP contribution in [0.15, 0.2) is 6.20 Å². The van der Waals surface area contributed by atoms with Crippen molar-refractivity contribution in [1.82, 2.24) is 30.1 Å². The minimum atomic E-state index is -0.895. The third kappa shape index (κ3) is 2.55. The lowest BCUT2D eigenvalue weighted by molar-refractivity contribution is 0.0408. The van der Waals surface area contributed by atoms with Crippen molar-refractivity contribution in [2.24, 2.45) is 7.05 Å². The van der Waals surface area contributed by atoms with Crippen molar-refractivity contribution in [3.63, 3.8) is 0 Å². The molecule has 0 amide bonds. The molecule has 22 heavy (non-hydrogen) atoms. The lowest BCUT2D eigenvalue weighted by atomic mass is 10.00. The van der Waals surface area contributed by atoms with E-state index >= 15 is 0 Å². The molecule has 3 rings (SSSR count). The van der Waals surface area contributed by atoms with Gasteiger partial charge in [0.05, 0.1) is 11.9 Å². The summed E-state index contributed by atoms with van der Waals surface area (Å²) in [5.74, 6) is 0. The molecular formula is C15H24N6O. The number of aromatic amines is 1. The van der Waals surface area contributed by atoms with Gasteiger partial charge in [-0.15, -0.1) is 0 Å². The van der Waals surface area contributed by atoms with Crippen LogP contribution in [0.1, 0.15) is 42.9 Å². The zero-order valence-corrected chi connectivity index (χ0v) is 13.5. The molecule has 2 aromatic heterocycles. The van der Waals surface area contributed by atoms with Crippen LogP contribution in [0, 0.1) is 0 Å². The number of aromatic nitrogens is 5. The van der Waals surface area contributed by atoms with Gasteiger partial charge in [-0.25, -0.2) is 0 Å². The van der Waals surface area contributed by atoms with Crippen LogP contribution in [0.5, 0.6) is 0 Å². The summed E-state index contributed by atoms with van der Waals surface area (Å²) in [5.41, 5.74) is 3.50. The fourth-order valence-corrected chi connectivity index (χ4v) is 3.44. The van der Waals surface area contributed by atoms with Gasteiger partial charge in [-0.05, 0) is 19.3 Å². The maximum absolute atomic E-state index is 10.8. The van der Waals surface area contributed by atoms with E-state index in [4.69, 9.17) is 0 Å². The van der Waals surface area contributed by atoms with Crippen LogP contribution in [-0.2, 0) is 32.0 Å². The van der Waals surface area contributed by atoms with E-state index in [1.165, 1.54) is 11.3 Å². The maximum Gasteiger partial charge on any atom is 0.124 e. The minimum Gasteiger partial charge on any atom is -0.382 e. The van der Waals surface area contributed by atoms with Crippen molar-refractivity contribution in [3.05, 3.63) is 28.8 Å². The number of likely N-dealkylation sites (tertiary alicyclic amines) is 1. The van der Waals surface area contributed by atoms with Crippen LogP contribution in [0.2, 0.25) is 0 Å². The number of hydrogen-bond donors (Lipinski definition) is 2. The second kappa shape index (κ2) is 5.81. The maximum atomic E-state index is 10.8. The smallest absolute Gasteiger partial charge is 0.124 e. The second-order valence-corrected chi connectivity index (χ2v) is 6.05. The molecule has 1 atom stereocenters. The van der Waals surface area contributed by atoms with Crippen molar-refractivity contribution >= 4 is 0 Å². The number of aliphatic hydroxyl groups is 1. The van der Waals surface area contributed by atoms with Crippen molar-refractivity contribution in [3.8, 4) is 0 Å². The van der Waals surface area contributed by atoms with Gasteiger partial charge in [0.1, 0.15) is 11.3 Å². The van der Waals surface area contributed by atoms with Crippen molar-refractivity contribution in [1.29, 1.82) is 0 Å². The first-order valence-corrected chi connectivity index (χ1v) is 7.92. The molecule has 2 aromatic rings. The zero-order valence-electron chi connectivity index (χ0n) is 13.5. The van der Waals surface area contributed by atoms with Gasteiger partial charge in [0.15, 0.2) is 0 Å². The van der Waals surface area contributed by atoms with Crippen LogP contribution in [0.3, 0.4) is 0 Å². The molecule has 0 bridgehead atoms. The summed E-state index contributed by atoms with van der Waals surface area (Å²) in [6, 6.07) is 0. The Bertz CT molecular complexity index is 635. The molecule has 1 fully saturated rings. The topological polar surface area (TPSA) is 82.9 Å². The van der Waals surface area contributed by atoms with Crippen molar-refractivity contribution in [2.45, 2.75) is 45.3 Å². The van der Waals surface area contributed by atoms with Gasteiger partial charge in [0.2, 0.25) is 0 Å². The van der Waals surface area contributed by atoms with E-state index in [-0.39, 0.29) is 0 Å². The summed E-state index contributed by atoms with van der Waals surface area (Å²) >= 11 is 0. The fraction of sp³-hybridized carbons (Fsp3) is 0.667. The van der Waals surface area contributed by atoms with Gasteiger partial charge in [-0.1, -0.05) is 13.8 Å². The Morgan fingerprint density at radius 1 is 1.36 bits per heavy atom. The summed E-state index contributed by atoms with van der Waals surface area (Å²) in [6.45, 7) is 6.57. The minimum absolute atomic E-state index is 0.584. The van der Waals surface area contributed by atoms with Crippen LogP contribution < -0.4 is 0 Å². The van der Waals surface area contributed by atoms with Crippen LogP contribution in [0.4, 0.5) is 0 Å². The lowest BCUT2D eigenvalue weighted by Gasteiger charge is -2.21. The number of rotatable bonds is 5. The summed E-state index contributed by atoms with van der Waals surface area (Å²) in [7, 11) is 2.01. The number of nitrogens with zero attached hydrogens (tertiary/aromatic N) is 5. The highest BCUT2D eigenvalue weighted by Crippen LogP contribution is 2.31. The first-order chi connectivity index (χ1) is 10.6. The van der Waals surface area contributed by atoms with Crippen LogP contribution in [0.25, 0.3) is 0 Å². The largest absolute Gasteiger partial charge is 0.382 e. The monoisotopic (exact) mass is 304 g/mol. The normalized spacial score (nSPS) is 22.5. The Morgan fingerprint density at radius 3 is 2.82 bits per heavy atom. The molecule has 120 valence electrons. The van der Waals surface area contributed by atoms with E-state index in [0.717, 1.165) is 31.6 Å². The average molecular weight is 304 g/mol. The number of aryl methyl sites for hydroxylation is 2. The Labute approximate surface area is 130 Å². The third-order valence-corrected chi connectivity index (χ3v) is 4.63. The highest BCUT2D eigenvalue weighted by molar-refractivity contribution is 5.27. The number of H-pyrrole nitrogens is 1. The second-order valence-electron chi connectivity index (χ2n) is 6.05. The predicted octanol–water partition coefficient (Wildman–Crippen LogP) is 0.756. The Balaban J connectivity index is 1.78. The summed E-state index contributed by atoms with van der Waals surface area (Å²) in [5, 5.41) is 25.9. The van der Waals surface area contributed by atoms with Crippen LogP contribution >= 0.6 is 0 Å². The molecule has 1 aliphatic rings. The van der Waals surface area contributed by atoms with E-state index < -0.39 is 5.60 Å². The first kappa shape index (κ1) is 15.2. The Morgan fingerprint density at radius 2 is 2.18 bits per heavy atom. The van der Waals surface area contributed by atoms with Gasteiger partial charge in [0.25, 0.3) is 0 Å². The Kier molecular flexibility index (Phi) is 4.01. The van der Waals surface area contributed by atoms with E-state index in [1.807, 2.05) is 11.7 Å². The number of hydrogen-bond acceptors (Lipinski definition) is 5. The third-order valence-electron chi connectivity index (χ3n) is 4.63. The Hall–Kier alpha value is -1.73. The quantitative estimate of drug-likeness (QED) is 0.852. The highest BCUT2D eigenvalue weighted by atomic mass is 16.3. The molecule has 1 aliphatic heterocycles. The number of β-amino-alcohol motifs (C(OH)–C–C–N with tert-alkyl or cyclic N) is 1. The summed E-state index contributed by atoms with van der Waals surface area (Å²) in [6.07, 6.45) is 4.20. The lowest BCUT2D eigenvalue weighted by Crippen LogP contribution is -2.31. The summed E-state index contributed by atoms with van der Waals surface area (Å²) in [4.78, 5) is 2.28. The molecule has 2 N–H and O–H groups in total. The van der Waals surface area contributed by atoms with Gasteiger partial charge < -0.3 is 5.11 Å². The molecule has 3 heterocycles. The van der Waals surface area contributed by atoms with Gasteiger partial charge in [-0.2, -0.15) is 20.5 Å². The molecule has 0 saturated carbocycles. The van der Waals surface area contributed by atoms with E-state index in [0.29, 0.717) is 18.7 Å². The molecular weight excluding hydrogens is 280 g/mol. The first-order valence-electron chi connectivity index (χ1n) is 7.92. The van der Waals surface area contributed by atoms with Crippen LogP contribution in [-0.4, -0.2) is 48.3 Å². The van der Waals surface area contributed by atoms with Crippen molar-refractivity contribution in [2.75, 3.05) is 13.1 Å². The predicted molar refractivity (Wildman–Crippen MR) is 82.1 cm³/mol. The van der Waals surface area contributed by atoms with Gasteiger partial charge >= 0.3 is 0 Å². The summed E-state index contributed by atoms with van der Waals surface area (Å²) < 4.78 is 1.99. The van der Waals surface area contributed by atoms with E-state index in [1.54, 1.807) is 6.20 Å². The molecule has 0 aromatic carbocycles. The fourth-order valence-electron chi connectivity index (χ4n) is 3.44. The molecule has 1 unspecified atom stereocenters. The van der Waals surface area contributed by atoms with Gasteiger partial charge in [-0.3, -0.25) is 9.58 Å². The molecule has 0 spiro atoms. The molecule has 7 heteroatoms. The number of nitrogens with one attached hydrogen (secondary N) is 1. The standard InChI is InChI=1S/C15H24N6O/c1-4-12-11(13(5-2)20(3)18-12)9-21-7-6-15(22,10-21)14-8-16-19-17-14/h8,22H,4-7,9-10H2,1-3H3,(H,16,17,19). The molecule has 0 aliphatic carbocycles.